The number of benzene rings is 3. The van der Waals surface area contributed by atoms with E-state index in [1.807, 2.05) is 91.0 Å². The molecule has 7 nitrogen and oxygen atoms in total. The molecule has 4 aromatic rings. The molecule has 2 fully saturated rings. The van der Waals surface area contributed by atoms with Crippen LogP contribution in [0.2, 0.25) is 0 Å². The van der Waals surface area contributed by atoms with Crippen LogP contribution in [0.1, 0.15) is 30.5 Å². The molecule has 11 heteroatoms. The van der Waals surface area contributed by atoms with Crippen molar-refractivity contribution in [2.24, 2.45) is 0 Å². The first-order chi connectivity index (χ1) is 21.6. The molecule has 0 saturated carbocycles. The summed E-state index contributed by atoms with van der Waals surface area (Å²) in [6.45, 7) is 3.02. The minimum absolute atomic E-state index is 0.254. The quantitative estimate of drug-likeness (QED) is 0.123. The van der Waals surface area contributed by atoms with Crippen LogP contribution in [0, 0.1) is 23.5 Å². The molecule has 0 radical (unpaired) electrons. The summed E-state index contributed by atoms with van der Waals surface area (Å²) >= 11 is 0. The Balaban J connectivity index is 1.45. The molecule has 1 aromatic heterocycles. The first-order valence-electron chi connectivity index (χ1n) is 14.4. The summed E-state index contributed by atoms with van der Waals surface area (Å²) in [6, 6.07) is 28.5. The van der Waals surface area contributed by atoms with Gasteiger partial charge >= 0.3 is 0 Å². The normalized spacial score (nSPS) is 24.3. The highest BCUT2D eigenvalue weighted by atomic mass is 19.2. The van der Waals surface area contributed by atoms with Gasteiger partial charge in [0.1, 0.15) is 23.9 Å². The van der Waals surface area contributed by atoms with E-state index in [-0.39, 0.29) is 6.61 Å². The second-order valence-electron chi connectivity index (χ2n) is 11.2. The number of pyridine rings is 1. The first-order valence-corrected chi connectivity index (χ1v) is 14.4. The van der Waals surface area contributed by atoms with Crippen LogP contribution in [-0.4, -0.2) is 55.2 Å². The molecule has 3 heterocycles. The Bertz CT molecular complexity index is 1490. The molecule has 0 amide bonds. The lowest BCUT2D eigenvalue weighted by Gasteiger charge is -2.43. The monoisotopic (exact) mass is 625 g/mol. The molecule has 0 bridgehead atoms. The summed E-state index contributed by atoms with van der Waals surface area (Å²) in [6.07, 6.45) is -5.51. The molecular formula is C34H31F4NO6. The maximum atomic E-state index is 14.9. The van der Waals surface area contributed by atoms with Crippen molar-refractivity contribution >= 4 is 0 Å². The van der Waals surface area contributed by atoms with Crippen molar-refractivity contribution in [3.05, 3.63) is 131 Å². The van der Waals surface area contributed by atoms with Gasteiger partial charge in [-0.3, -0.25) is 0 Å². The number of halogens is 4. The highest BCUT2D eigenvalue weighted by Crippen LogP contribution is 2.44. The number of hydrogen-bond donors (Lipinski definition) is 0. The van der Waals surface area contributed by atoms with Gasteiger partial charge in [-0.2, -0.15) is 22.5 Å². The number of nitrogens with zero attached hydrogens (tertiary/aromatic N) is 1. The van der Waals surface area contributed by atoms with Gasteiger partial charge in [0.05, 0.1) is 6.61 Å². The SMILES string of the molecule is COC1OC(COC(c2ccccc2)(c2ccccc2)c2ccccc2)C(Oc2c(F)c(F)nc(F)c2F)C2OC(C)(C)OC12. The Morgan fingerprint density at radius 3 is 1.67 bits per heavy atom. The lowest BCUT2D eigenvalue weighted by atomic mass is 9.80. The highest BCUT2D eigenvalue weighted by Gasteiger charge is 2.57. The molecule has 45 heavy (non-hydrogen) atoms. The van der Waals surface area contributed by atoms with Crippen LogP contribution in [0.4, 0.5) is 17.6 Å². The molecule has 5 atom stereocenters. The van der Waals surface area contributed by atoms with Crippen molar-refractivity contribution in [1.29, 1.82) is 0 Å². The van der Waals surface area contributed by atoms with Crippen LogP contribution >= 0.6 is 0 Å². The van der Waals surface area contributed by atoms with Gasteiger partial charge in [0.15, 0.2) is 18.2 Å². The first kappa shape index (κ1) is 31.1. The largest absolute Gasteiger partial charge is 0.478 e. The Labute approximate surface area is 257 Å². The molecule has 0 N–H and O–H groups in total. The smallest absolute Gasteiger partial charge is 0.255 e. The standard InChI is InChI=1S/C34H31F4NO6/c1-33(2)44-28-26(43-27-24(35)30(37)39-31(38)25(27)36)23(42-32(40-3)29(28)45-33)19-41-34(20-13-7-4-8-14-20,21-15-9-5-10-16-21)22-17-11-6-12-18-22/h4-18,23,26,28-29,32H,19H2,1-3H3. The number of methoxy groups -OCH3 is 1. The number of fused-ring (bicyclic) bond motifs is 1. The van der Waals surface area contributed by atoms with Crippen LogP contribution in [-0.2, 0) is 29.3 Å². The van der Waals surface area contributed by atoms with Gasteiger partial charge in [0, 0.05) is 7.11 Å². The summed E-state index contributed by atoms with van der Waals surface area (Å²) in [5.41, 5.74) is 1.16. The van der Waals surface area contributed by atoms with Crippen molar-refractivity contribution in [3.63, 3.8) is 0 Å². The fraction of sp³-hybridized carbons (Fsp3) is 0.324. The summed E-state index contributed by atoms with van der Waals surface area (Å²) in [5.74, 6) is -9.81. The van der Waals surface area contributed by atoms with Crippen molar-refractivity contribution in [2.45, 2.75) is 55.9 Å². The van der Waals surface area contributed by atoms with Crippen LogP contribution in [0.5, 0.6) is 5.75 Å². The Hall–Kier alpha value is -3.87. The summed E-state index contributed by atoms with van der Waals surface area (Å²) < 4.78 is 94.6. The second kappa shape index (κ2) is 12.5. The van der Waals surface area contributed by atoms with Gasteiger partial charge in [0.2, 0.25) is 17.4 Å². The van der Waals surface area contributed by atoms with E-state index in [0.717, 1.165) is 16.7 Å². The molecule has 5 unspecified atom stereocenters. The maximum absolute atomic E-state index is 14.9. The zero-order valence-corrected chi connectivity index (χ0v) is 24.7. The molecule has 3 aromatic carbocycles. The van der Waals surface area contributed by atoms with Crippen LogP contribution in [0.15, 0.2) is 91.0 Å². The number of aromatic nitrogens is 1. The minimum atomic E-state index is -1.86. The molecule has 6 rings (SSSR count). The van der Waals surface area contributed by atoms with E-state index in [2.05, 4.69) is 4.98 Å². The lowest BCUT2D eigenvalue weighted by Crippen LogP contribution is -2.60. The van der Waals surface area contributed by atoms with E-state index < -0.39 is 71.4 Å². The fourth-order valence-corrected chi connectivity index (χ4v) is 5.97. The van der Waals surface area contributed by atoms with Crippen LogP contribution in [0.25, 0.3) is 0 Å². The number of hydrogen-bond acceptors (Lipinski definition) is 7. The molecule has 236 valence electrons. The maximum Gasteiger partial charge on any atom is 0.255 e. The molecule has 2 aliphatic heterocycles. The zero-order chi connectivity index (χ0) is 31.8. The van der Waals surface area contributed by atoms with E-state index in [0.29, 0.717) is 0 Å². The van der Waals surface area contributed by atoms with E-state index in [1.165, 1.54) is 7.11 Å². The van der Waals surface area contributed by atoms with E-state index in [9.17, 15) is 17.6 Å². The van der Waals surface area contributed by atoms with Crippen LogP contribution < -0.4 is 4.74 Å². The Morgan fingerprint density at radius 2 is 1.20 bits per heavy atom. The Kier molecular flexibility index (Phi) is 8.64. The topological polar surface area (TPSA) is 68.3 Å². The Morgan fingerprint density at radius 1 is 0.733 bits per heavy atom. The summed E-state index contributed by atoms with van der Waals surface area (Å²) in [7, 11) is 1.41. The predicted molar refractivity (Wildman–Crippen MR) is 153 cm³/mol. The molecule has 0 spiro atoms. The van der Waals surface area contributed by atoms with Crippen molar-refractivity contribution in [1.82, 2.24) is 4.98 Å². The van der Waals surface area contributed by atoms with Gasteiger partial charge in [-0.15, -0.1) is 0 Å². The third kappa shape index (κ3) is 5.82. The number of ether oxygens (including phenoxy) is 6. The van der Waals surface area contributed by atoms with E-state index >= 15 is 0 Å². The average molecular weight is 626 g/mol. The second-order valence-corrected chi connectivity index (χ2v) is 11.2. The van der Waals surface area contributed by atoms with Gasteiger partial charge in [0.25, 0.3) is 11.9 Å². The average Bonchev–Trinajstić information content (AvgIpc) is 3.39. The highest BCUT2D eigenvalue weighted by molar-refractivity contribution is 5.47. The van der Waals surface area contributed by atoms with E-state index in [1.54, 1.807) is 13.8 Å². The van der Waals surface area contributed by atoms with Crippen molar-refractivity contribution < 1.29 is 46.0 Å². The van der Waals surface area contributed by atoms with Gasteiger partial charge in [-0.25, -0.2) is 0 Å². The predicted octanol–water partition coefficient (Wildman–Crippen LogP) is 6.29. The van der Waals surface area contributed by atoms with Crippen molar-refractivity contribution in [3.8, 4) is 5.75 Å². The van der Waals surface area contributed by atoms with E-state index in [4.69, 9.17) is 28.4 Å². The molecule has 2 saturated heterocycles. The third-order valence-corrected chi connectivity index (χ3v) is 7.88. The minimum Gasteiger partial charge on any atom is -0.478 e. The van der Waals surface area contributed by atoms with Gasteiger partial charge in [-0.1, -0.05) is 91.0 Å². The number of rotatable bonds is 9. The third-order valence-electron chi connectivity index (χ3n) is 7.88. The summed E-state index contributed by atoms with van der Waals surface area (Å²) in [4.78, 5) is 2.63. The van der Waals surface area contributed by atoms with Crippen molar-refractivity contribution in [2.75, 3.05) is 13.7 Å². The zero-order valence-electron chi connectivity index (χ0n) is 24.7. The lowest BCUT2D eigenvalue weighted by molar-refractivity contribution is -0.274. The fourth-order valence-electron chi connectivity index (χ4n) is 5.97. The molecule has 0 aliphatic carbocycles. The van der Waals surface area contributed by atoms with Gasteiger partial charge in [-0.05, 0) is 30.5 Å². The molecule has 2 aliphatic rings. The summed E-state index contributed by atoms with van der Waals surface area (Å²) in [5, 5.41) is 0. The van der Waals surface area contributed by atoms with Crippen LogP contribution in [0.3, 0.4) is 0 Å². The molecular weight excluding hydrogens is 594 g/mol. The van der Waals surface area contributed by atoms with Gasteiger partial charge < -0.3 is 28.4 Å².